The first-order valence-corrected chi connectivity index (χ1v) is 5.36. The molecule has 0 aliphatic heterocycles. The first-order chi connectivity index (χ1) is 7.40. The molecule has 88 valence electrons. The summed E-state index contributed by atoms with van der Waals surface area (Å²) in [5, 5.41) is 0.670. The number of benzene rings is 1. The Hall–Kier alpha value is -1.22. The minimum atomic E-state index is -0.0543. The maximum Gasteiger partial charge on any atom is 0.223 e. The van der Waals surface area contributed by atoms with Crippen LogP contribution in [0.1, 0.15) is 18.1 Å². The summed E-state index contributed by atoms with van der Waals surface area (Å²) in [6.07, 6.45) is 0. The van der Waals surface area contributed by atoms with Gasteiger partial charge in [-0.15, -0.1) is 0 Å². The monoisotopic (exact) mass is 241 g/mol. The van der Waals surface area contributed by atoms with Gasteiger partial charge < -0.3 is 9.64 Å². The van der Waals surface area contributed by atoms with Crippen LogP contribution in [-0.4, -0.2) is 20.1 Å². The molecule has 0 radical (unpaired) electrons. The van der Waals surface area contributed by atoms with E-state index in [-0.39, 0.29) is 5.91 Å². The lowest BCUT2D eigenvalue weighted by molar-refractivity contribution is -0.116. The van der Waals surface area contributed by atoms with Crippen molar-refractivity contribution in [2.45, 2.75) is 20.8 Å². The molecule has 0 unspecified atom stereocenters. The van der Waals surface area contributed by atoms with E-state index in [0.717, 1.165) is 16.8 Å². The smallest absolute Gasteiger partial charge is 0.223 e. The van der Waals surface area contributed by atoms with Crippen LogP contribution in [0, 0.1) is 13.8 Å². The highest BCUT2D eigenvalue weighted by molar-refractivity contribution is 6.32. The molecular formula is C12H16ClNO2. The highest BCUT2D eigenvalue weighted by Gasteiger charge is 2.18. The van der Waals surface area contributed by atoms with Gasteiger partial charge in [0.15, 0.2) is 0 Å². The van der Waals surface area contributed by atoms with Crippen LogP contribution in [-0.2, 0) is 4.79 Å². The summed E-state index contributed by atoms with van der Waals surface area (Å²) in [6, 6.07) is 1.84. The summed E-state index contributed by atoms with van der Waals surface area (Å²) in [6.45, 7) is 5.30. The molecule has 0 aliphatic carbocycles. The van der Waals surface area contributed by atoms with Crippen LogP contribution in [0.4, 0.5) is 5.69 Å². The Kier molecular flexibility index (Phi) is 3.81. The Bertz CT molecular complexity index is 430. The third kappa shape index (κ3) is 2.14. The van der Waals surface area contributed by atoms with Crippen LogP contribution in [0.25, 0.3) is 0 Å². The zero-order chi connectivity index (χ0) is 12.5. The van der Waals surface area contributed by atoms with Crippen molar-refractivity contribution in [1.82, 2.24) is 0 Å². The Morgan fingerprint density at radius 2 is 2.00 bits per heavy atom. The summed E-state index contributed by atoms with van der Waals surface area (Å²) in [4.78, 5) is 12.9. The molecule has 1 amide bonds. The number of halogens is 1. The molecule has 3 nitrogen and oxygen atoms in total. The Labute approximate surface area is 101 Å². The Morgan fingerprint density at radius 3 is 2.44 bits per heavy atom. The average molecular weight is 242 g/mol. The van der Waals surface area contributed by atoms with Crippen molar-refractivity contribution in [2.75, 3.05) is 19.1 Å². The minimum Gasteiger partial charge on any atom is -0.495 e. The molecule has 1 aromatic rings. The lowest BCUT2D eigenvalue weighted by Crippen LogP contribution is -2.24. The van der Waals surface area contributed by atoms with Crippen LogP contribution < -0.4 is 9.64 Å². The van der Waals surface area contributed by atoms with E-state index in [0.29, 0.717) is 10.8 Å². The number of methoxy groups -OCH3 is 1. The molecule has 0 bridgehead atoms. The number of carbonyl (C=O) groups excluding carboxylic acids is 1. The van der Waals surface area contributed by atoms with Crippen molar-refractivity contribution in [1.29, 1.82) is 0 Å². The van der Waals surface area contributed by atoms with E-state index >= 15 is 0 Å². The van der Waals surface area contributed by atoms with E-state index in [1.165, 1.54) is 6.92 Å². The van der Waals surface area contributed by atoms with Crippen molar-refractivity contribution in [3.8, 4) is 5.75 Å². The van der Waals surface area contributed by atoms with Crippen LogP contribution in [0.15, 0.2) is 6.07 Å². The van der Waals surface area contributed by atoms with E-state index in [2.05, 4.69) is 0 Å². The van der Waals surface area contributed by atoms with E-state index in [1.807, 2.05) is 19.9 Å². The van der Waals surface area contributed by atoms with Gasteiger partial charge in [0.25, 0.3) is 0 Å². The molecule has 4 heteroatoms. The molecule has 0 N–H and O–H groups in total. The normalized spacial score (nSPS) is 10.1. The van der Waals surface area contributed by atoms with E-state index < -0.39 is 0 Å². The second kappa shape index (κ2) is 4.74. The fourth-order valence-electron chi connectivity index (χ4n) is 1.64. The van der Waals surface area contributed by atoms with Crippen LogP contribution in [0.2, 0.25) is 5.02 Å². The molecule has 16 heavy (non-hydrogen) atoms. The molecule has 0 aromatic heterocycles. The molecule has 0 saturated heterocycles. The summed E-state index contributed by atoms with van der Waals surface area (Å²) in [5.41, 5.74) is 2.53. The number of nitrogens with zero attached hydrogens (tertiary/aromatic N) is 1. The summed E-state index contributed by atoms with van der Waals surface area (Å²) < 4.78 is 5.28. The fourth-order valence-corrected chi connectivity index (χ4v) is 1.79. The van der Waals surface area contributed by atoms with E-state index in [1.54, 1.807) is 19.1 Å². The van der Waals surface area contributed by atoms with Gasteiger partial charge in [-0.05, 0) is 31.0 Å². The Morgan fingerprint density at radius 1 is 1.44 bits per heavy atom. The molecule has 0 saturated carbocycles. The van der Waals surface area contributed by atoms with Crippen molar-refractivity contribution >= 4 is 23.2 Å². The van der Waals surface area contributed by atoms with Gasteiger partial charge >= 0.3 is 0 Å². The number of hydrogen-bond donors (Lipinski definition) is 0. The molecule has 0 fully saturated rings. The van der Waals surface area contributed by atoms with E-state index in [4.69, 9.17) is 16.3 Å². The van der Waals surface area contributed by atoms with Gasteiger partial charge in [-0.1, -0.05) is 11.6 Å². The zero-order valence-corrected chi connectivity index (χ0v) is 11.0. The number of ether oxygens (including phenoxy) is 1. The summed E-state index contributed by atoms with van der Waals surface area (Å²) >= 11 is 6.17. The van der Waals surface area contributed by atoms with Crippen molar-refractivity contribution in [3.05, 3.63) is 22.2 Å². The van der Waals surface area contributed by atoms with Crippen LogP contribution in [0.5, 0.6) is 5.75 Å². The lowest BCUT2D eigenvalue weighted by Gasteiger charge is -2.22. The van der Waals surface area contributed by atoms with Gasteiger partial charge in [0, 0.05) is 19.0 Å². The summed E-state index contributed by atoms with van der Waals surface area (Å²) in [5.74, 6) is 0.610. The van der Waals surface area contributed by atoms with Gasteiger partial charge in [-0.2, -0.15) is 0 Å². The second-order valence-corrected chi connectivity index (χ2v) is 4.14. The van der Waals surface area contributed by atoms with Crippen molar-refractivity contribution in [3.63, 3.8) is 0 Å². The lowest BCUT2D eigenvalue weighted by atomic mass is 10.1. The maximum atomic E-state index is 11.4. The maximum absolute atomic E-state index is 11.4. The van der Waals surface area contributed by atoms with Crippen LogP contribution >= 0.6 is 11.6 Å². The number of rotatable bonds is 2. The predicted molar refractivity (Wildman–Crippen MR) is 66.6 cm³/mol. The fraction of sp³-hybridized carbons (Fsp3) is 0.417. The van der Waals surface area contributed by atoms with Crippen molar-refractivity contribution in [2.24, 2.45) is 0 Å². The molecule has 0 atom stereocenters. The molecule has 1 rings (SSSR count). The first-order valence-electron chi connectivity index (χ1n) is 4.98. The number of hydrogen-bond acceptors (Lipinski definition) is 2. The number of amides is 1. The van der Waals surface area contributed by atoms with Gasteiger partial charge in [0.05, 0.1) is 12.8 Å². The Balaban J connectivity index is 3.47. The quantitative estimate of drug-likeness (QED) is 0.797. The minimum absolute atomic E-state index is 0.0543. The summed E-state index contributed by atoms with van der Waals surface area (Å²) in [7, 11) is 3.29. The second-order valence-electron chi connectivity index (χ2n) is 3.76. The zero-order valence-electron chi connectivity index (χ0n) is 10.2. The van der Waals surface area contributed by atoms with Crippen LogP contribution in [0.3, 0.4) is 0 Å². The predicted octanol–water partition coefficient (Wildman–Crippen LogP) is 2.95. The van der Waals surface area contributed by atoms with Gasteiger partial charge in [-0.25, -0.2) is 0 Å². The SMILES string of the molecule is COc1cc(C)c(Cl)c(C)c1N(C)C(C)=O. The van der Waals surface area contributed by atoms with Crippen molar-refractivity contribution < 1.29 is 9.53 Å². The standard InChI is InChI=1S/C12H16ClNO2/c1-7-6-10(16-5)12(8(2)11(7)13)14(4)9(3)15/h6H,1-5H3. The molecule has 0 spiro atoms. The van der Waals surface area contributed by atoms with Gasteiger partial charge in [-0.3, -0.25) is 4.79 Å². The number of aryl methyl sites for hydroxylation is 1. The topological polar surface area (TPSA) is 29.5 Å². The van der Waals surface area contributed by atoms with Gasteiger partial charge in [0.1, 0.15) is 5.75 Å². The number of carbonyl (C=O) groups is 1. The molecule has 0 aliphatic rings. The molecule has 1 aromatic carbocycles. The highest BCUT2D eigenvalue weighted by Crippen LogP contribution is 2.37. The van der Waals surface area contributed by atoms with Gasteiger partial charge in [0.2, 0.25) is 5.91 Å². The van der Waals surface area contributed by atoms with E-state index in [9.17, 15) is 4.79 Å². The highest BCUT2D eigenvalue weighted by atomic mass is 35.5. The largest absolute Gasteiger partial charge is 0.495 e. The third-order valence-corrected chi connectivity index (χ3v) is 3.22. The number of anilines is 1. The molecule has 0 heterocycles. The third-order valence-electron chi connectivity index (χ3n) is 2.64. The average Bonchev–Trinajstić information content (AvgIpc) is 2.24. The first kappa shape index (κ1) is 12.8. The molecular weight excluding hydrogens is 226 g/mol.